The van der Waals surface area contributed by atoms with Crippen molar-refractivity contribution in [1.29, 1.82) is 0 Å². The predicted octanol–water partition coefficient (Wildman–Crippen LogP) is -1.83. The van der Waals surface area contributed by atoms with Crippen molar-refractivity contribution in [2.45, 2.75) is 0 Å². The Balaban J connectivity index is 3.59. The summed E-state index contributed by atoms with van der Waals surface area (Å²) < 4.78 is 0.882. The fourth-order valence-corrected chi connectivity index (χ4v) is 0.535. The first-order valence-corrected chi connectivity index (χ1v) is 2.40. The standard InChI is InChI=1S/C2H3N3O2.Ag/c6-1-3-2(7)5-4-1;/h(H3,3,4,5,6,7);/q;+1/p-1. The molecule has 0 aliphatic rings. The van der Waals surface area contributed by atoms with Gasteiger partial charge in [0.05, 0.1) is 0 Å². The van der Waals surface area contributed by atoms with Crippen LogP contribution in [0, 0.1) is 0 Å². The van der Waals surface area contributed by atoms with Crippen LogP contribution in [0.25, 0.3) is 0 Å². The first-order valence-electron chi connectivity index (χ1n) is 1.74. The molecule has 0 bridgehead atoms. The Morgan fingerprint density at radius 3 is 2.25 bits per heavy atom. The number of nitrogens with zero attached hydrogens (tertiary/aromatic N) is 1. The fourth-order valence-electron chi connectivity index (χ4n) is 0.302. The number of nitrogens with one attached hydrogen (secondary N) is 2. The van der Waals surface area contributed by atoms with E-state index in [0.29, 0.717) is 0 Å². The van der Waals surface area contributed by atoms with Crippen molar-refractivity contribution < 1.29 is 21.3 Å². The predicted molar refractivity (Wildman–Crippen MR) is 21.1 cm³/mol. The van der Waals surface area contributed by atoms with E-state index in [-0.39, 0.29) is 0 Å². The van der Waals surface area contributed by atoms with E-state index in [0.717, 1.165) is 3.09 Å². The minimum absolute atomic E-state index is 0.506. The summed E-state index contributed by atoms with van der Waals surface area (Å²) in [4.78, 5) is 22.4. The van der Waals surface area contributed by atoms with E-state index < -0.39 is 11.4 Å². The molecule has 0 radical (unpaired) electrons. The van der Waals surface area contributed by atoms with E-state index in [9.17, 15) is 9.59 Å². The molecule has 0 spiro atoms. The van der Waals surface area contributed by atoms with E-state index in [1.165, 1.54) is 0 Å². The third-order valence-electron chi connectivity index (χ3n) is 0.574. The van der Waals surface area contributed by atoms with Crippen molar-refractivity contribution in [2.75, 3.05) is 0 Å². The summed E-state index contributed by atoms with van der Waals surface area (Å²) in [6.07, 6.45) is 0. The molecule has 5 nitrogen and oxygen atoms in total. The Bertz CT molecular complexity index is 280. The Kier molecular flexibility index (Phi) is 1.24. The van der Waals surface area contributed by atoms with Crippen LogP contribution in [0.4, 0.5) is 0 Å². The van der Waals surface area contributed by atoms with E-state index in [2.05, 4.69) is 26.4 Å². The van der Waals surface area contributed by atoms with Gasteiger partial charge in [-0.3, -0.25) is 0 Å². The van der Waals surface area contributed by atoms with Crippen molar-refractivity contribution in [3.8, 4) is 0 Å². The molecule has 1 aromatic heterocycles. The van der Waals surface area contributed by atoms with Crippen LogP contribution in [-0.2, 0) is 21.3 Å². The van der Waals surface area contributed by atoms with Crippen LogP contribution >= 0.6 is 0 Å². The molecule has 0 unspecified atom stereocenters. The molecule has 0 amide bonds. The molecule has 8 heavy (non-hydrogen) atoms. The van der Waals surface area contributed by atoms with Gasteiger partial charge in [-0.05, 0) is 0 Å². The molecule has 6 heteroatoms. The zero-order chi connectivity index (χ0) is 6.15. The van der Waals surface area contributed by atoms with Gasteiger partial charge in [-0.1, -0.05) is 0 Å². The molecular formula is C2H2AgN3O2. The molecule has 0 saturated carbocycles. The van der Waals surface area contributed by atoms with E-state index in [1.807, 2.05) is 4.98 Å². The van der Waals surface area contributed by atoms with Crippen molar-refractivity contribution >= 4 is 0 Å². The normalized spacial score (nSPS) is 9.75. The maximum absolute atomic E-state index is 10.3. The van der Waals surface area contributed by atoms with E-state index in [1.54, 1.807) is 0 Å². The van der Waals surface area contributed by atoms with Gasteiger partial charge in [0.1, 0.15) is 0 Å². The van der Waals surface area contributed by atoms with Crippen molar-refractivity contribution in [3.05, 3.63) is 21.0 Å². The zero-order valence-corrected chi connectivity index (χ0v) is 5.05. The summed E-state index contributed by atoms with van der Waals surface area (Å²) in [7, 11) is 0. The van der Waals surface area contributed by atoms with Gasteiger partial charge in [0.25, 0.3) is 0 Å². The molecule has 1 heterocycles. The molecule has 1 rings (SSSR count). The minimum atomic E-state index is -0.522. The van der Waals surface area contributed by atoms with Crippen LogP contribution < -0.4 is 11.4 Å². The Labute approximate surface area is 55.9 Å². The molecule has 2 N–H and O–H groups in total. The summed E-state index contributed by atoms with van der Waals surface area (Å²) >= 11 is 2.75. The quantitative estimate of drug-likeness (QED) is 0.492. The van der Waals surface area contributed by atoms with Gasteiger partial charge in [-0.15, -0.1) is 0 Å². The fraction of sp³-hybridized carbons (Fsp3) is 0. The monoisotopic (exact) mass is 207 g/mol. The third-order valence-corrected chi connectivity index (χ3v) is 1.04. The van der Waals surface area contributed by atoms with Crippen molar-refractivity contribution in [3.63, 3.8) is 0 Å². The summed E-state index contributed by atoms with van der Waals surface area (Å²) in [6.45, 7) is 0. The number of hydrogen-bond acceptors (Lipinski definition) is 2. The van der Waals surface area contributed by atoms with Gasteiger partial charge in [-0.2, -0.15) is 0 Å². The van der Waals surface area contributed by atoms with Crippen molar-refractivity contribution in [1.82, 2.24) is 13.2 Å². The molecule has 0 atom stereocenters. The third kappa shape index (κ3) is 0.835. The maximum atomic E-state index is 10.3. The van der Waals surface area contributed by atoms with E-state index in [4.69, 9.17) is 0 Å². The topological polar surface area (TPSA) is 70.7 Å². The number of hydrogen-bond donors (Lipinski definition) is 2. The Morgan fingerprint density at radius 1 is 1.50 bits per heavy atom. The van der Waals surface area contributed by atoms with Gasteiger partial charge in [0, 0.05) is 0 Å². The van der Waals surface area contributed by atoms with Gasteiger partial charge in [-0.25, -0.2) is 0 Å². The molecule has 48 valence electrons. The summed E-state index contributed by atoms with van der Waals surface area (Å²) in [5.74, 6) is 0. The van der Waals surface area contributed by atoms with Gasteiger partial charge in [0.2, 0.25) is 0 Å². The molecule has 0 fully saturated rings. The average molecular weight is 208 g/mol. The number of H-pyrrole nitrogens is 2. The van der Waals surface area contributed by atoms with Gasteiger partial charge in [0.15, 0.2) is 0 Å². The molecule has 0 aliphatic heterocycles. The second-order valence-corrected chi connectivity index (χ2v) is 1.78. The molecule has 0 aromatic carbocycles. The molecule has 0 saturated heterocycles. The van der Waals surface area contributed by atoms with Crippen LogP contribution in [0.3, 0.4) is 0 Å². The van der Waals surface area contributed by atoms with Crippen LogP contribution in [-0.4, -0.2) is 13.2 Å². The summed E-state index contributed by atoms with van der Waals surface area (Å²) in [6, 6.07) is 0. The molecule has 1 aromatic rings. The Hall–Kier alpha value is -0.520. The number of rotatable bonds is 0. The van der Waals surface area contributed by atoms with Crippen LogP contribution in [0.1, 0.15) is 0 Å². The first-order chi connectivity index (χ1) is 3.70. The number of aromatic amines is 2. The molecular weight excluding hydrogens is 206 g/mol. The Morgan fingerprint density at radius 2 is 2.12 bits per heavy atom. The summed E-state index contributed by atoms with van der Waals surface area (Å²) in [5.41, 5.74) is -1.03. The first kappa shape index (κ1) is 5.61. The SMILES string of the molecule is O=c1[nH]c(=O)[n]([Ag])[nH]1. The summed E-state index contributed by atoms with van der Waals surface area (Å²) in [5, 5.41) is 2.12. The number of aromatic nitrogens is 3. The second-order valence-electron chi connectivity index (χ2n) is 1.12. The van der Waals surface area contributed by atoms with E-state index >= 15 is 0 Å². The van der Waals surface area contributed by atoms with Gasteiger partial charge < -0.3 is 0 Å². The van der Waals surface area contributed by atoms with Crippen LogP contribution in [0.15, 0.2) is 9.59 Å². The molecule has 0 aliphatic carbocycles. The second kappa shape index (κ2) is 1.77. The zero-order valence-electron chi connectivity index (χ0n) is 3.57. The average Bonchev–Trinajstić information content (AvgIpc) is 1.85. The van der Waals surface area contributed by atoms with Crippen LogP contribution in [0.2, 0.25) is 0 Å². The van der Waals surface area contributed by atoms with Crippen molar-refractivity contribution in [2.24, 2.45) is 0 Å². The van der Waals surface area contributed by atoms with Crippen LogP contribution in [0.5, 0.6) is 0 Å². The van der Waals surface area contributed by atoms with Gasteiger partial charge >= 0.3 is 55.5 Å².